The second-order valence-corrected chi connectivity index (χ2v) is 2.84. The number of carbonyl (C=O) groups excluding carboxylic acids is 2. The van der Waals surface area contributed by atoms with Crippen LogP contribution in [-0.4, -0.2) is 11.8 Å². The summed E-state index contributed by atoms with van der Waals surface area (Å²) in [6.07, 6.45) is 0.319. The van der Waals surface area contributed by atoms with Gasteiger partial charge < -0.3 is 9.90 Å². The Bertz CT molecular complexity index is 166. The molecule has 0 aliphatic carbocycles. The third-order valence-corrected chi connectivity index (χ3v) is 1.61. The van der Waals surface area contributed by atoms with Crippen LogP contribution in [0.25, 0.3) is 0 Å². The van der Waals surface area contributed by atoms with E-state index in [1.165, 1.54) is 0 Å². The summed E-state index contributed by atoms with van der Waals surface area (Å²) in [4.78, 5) is 21.4. The fraction of sp³-hybridized carbons (Fsp3) is 0.750. The van der Waals surface area contributed by atoms with Crippen molar-refractivity contribution in [1.29, 1.82) is 0 Å². The second-order valence-electron chi connectivity index (χ2n) is 2.84. The summed E-state index contributed by atoms with van der Waals surface area (Å²) in [5.41, 5.74) is 0. The third kappa shape index (κ3) is 4.24. The van der Waals surface area contributed by atoms with Gasteiger partial charge in [0.15, 0.2) is 0 Å². The molecule has 0 amide bonds. The average molecular weight is 180 g/mol. The molecule has 3 nitrogen and oxygen atoms in total. The molecule has 0 heterocycles. The summed E-state index contributed by atoms with van der Waals surface area (Å²) in [7, 11) is 0. The van der Waals surface area contributed by atoms with E-state index in [-0.39, 0.29) is 41.3 Å². The van der Waals surface area contributed by atoms with Crippen LogP contribution < -0.4 is 34.7 Å². The summed E-state index contributed by atoms with van der Waals surface area (Å²) in [5, 5.41) is 10.3. The van der Waals surface area contributed by atoms with Crippen LogP contribution in [0.2, 0.25) is 0 Å². The predicted molar refractivity (Wildman–Crippen MR) is 38.6 cm³/mol. The number of rotatable bonds is 4. The molecule has 0 aromatic carbocycles. The van der Waals surface area contributed by atoms with Gasteiger partial charge in [0.1, 0.15) is 5.78 Å². The van der Waals surface area contributed by atoms with Crippen LogP contribution in [0.3, 0.4) is 0 Å². The second kappa shape index (κ2) is 6.63. The van der Waals surface area contributed by atoms with Gasteiger partial charge in [-0.15, -0.1) is 0 Å². The molecule has 64 valence electrons. The maximum absolute atomic E-state index is 11.1. The molecule has 4 heteroatoms. The van der Waals surface area contributed by atoms with Crippen molar-refractivity contribution in [3.63, 3.8) is 0 Å². The van der Waals surface area contributed by atoms with E-state index in [4.69, 9.17) is 0 Å². The summed E-state index contributed by atoms with van der Waals surface area (Å²) in [5.74, 6) is -2.65. The van der Waals surface area contributed by atoms with Gasteiger partial charge >= 0.3 is 29.6 Å². The van der Waals surface area contributed by atoms with Crippen molar-refractivity contribution >= 4 is 11.8 Å². The van der Waals surface area contributed by atoms with Crippen molar-refractivity contribution < 1.29 is 44.3 Å². The van der Waals surface area contributed by atoms with Crippen LogP contribution in [0.1, 0.15) is 27.2 Å². The Labute approximate surface area is 94.8 Å². The van der Waals surface area contributed by atoms with Crippen molar-refractivity contribution in [3.05, 3.63) is 0 Å². The molecule has 1 atom stereocenters. The van der Waals surface area contributed by atoms with Crippen molar-refractivity contribution in [2.45, 2.75) is 27.2 Å². The molecule has 12 heavy (non-hydrogen) atoms. The average Bonchev–Trinajstić information content (AvgIpc) is 1.88. The molecule has 0 aliphatic heterocycles. The van der Waals surface area contributed by atoms with Crippen LogP contribution in [0.4, 0.5) is 0 Å². The van der Waals surface area contributed by atoms with Gasteiger partial charge in [-0.2, -0.15) is 0 Å². The SMILES string of the molecule is CCC(C(=O)[O-])C(=O)C(C)C.[Na+]. The van der Waals surface area contributed by atoms with E-state index in [0.717, 1.165) is 0 Å². The Kier molecular flexibility index (Phi) is 8.10. The van der Waals surface area contributed by atoms with E-state index in [1.54, 1.807) is 20.8 Å². The van der Waals surface area contributed by atoms with Crippen LogP contribution >= 0.6 is 0 Å². The molecule has 0 aromatic heterocycles. The Morgan fingerprint density at radius 2 is 1.75 bits per heavy atom. The normalized spacial score (nSPS) is 12.0. The smallest absolute Gasteiger partial charge is 0.549 e. The zero-order valence-electron chi connectivity index (χ0n) is 8.09. The minimum absolute atomic E-state index is 0. The number of carboxylic acids is 1. The van der Waals surface area contributed by atoms with Gasteiger partial charge in [-0.1, -0.05) is 20.8 Å². The fourth-order valence-electron chi connectivity index (χ4n) is 0.886. The number of carboxylic acid groups (broad SMARTS) is 1. The van der Waals surface area contributed by atoms with E-state index >= 15 is 0 Å². The summed E-state index contributed by atoms with van der Waals surface area (Å²) in [6, 6.07) is 0. The maximum Gasteiger partial charge on any atom is 1.00 e. The molecule has 0 aliphatic rings. The zero-order valence-corrected chi connectivity index (χ0v) is 10.1. The van der Waals surface area contributed by atoms with Crippen LogP contribution in [0, 0.1) is 11.8 Å². The van der Waals surface area contributed by atoms with E-state index in [9.17, 15) is 14.7 Å². The number of hydrogen-bond acceptors (Lipinski definition) is 3. The van der Waals surface area contributed by atoms with Crippen LogP contribution in [0.15, 0.2) is 0 Å². The first-order chi connectivity index (χ1) is 5.00. The summed E-state index contributed by atoms with van der Waals surface area (Å²) in [6.45, 7) is 5.04. The zero-order chi connectivity index (χ0) is 9.02. The molecule has 0 fully saturated rings. The molecule has 0 saturated heterocycles. The van der Waals surface area contributed by atoms with Gasteiger partial charge in [0.25, 0.3) is 0 Å². The molecular weight excluding hydrogens is 167 g/mol. The standard InChI is InChI=1S/C8H14O3.Na/c1-4-6(8(10)11)7(9)5(2)3;/h5-6H,4H2,1-3H3,(H,10,11);/q;+1/p-1. The molecule has 1 unspecified atom stereocenters. The van der Waals surface area contributed by atoms with Gasteiger partial charge in [-0.25, -0.2) is 0 Å². The van der Waals surface area contributed by atoms with E-state index in [1.807, 2.05) is 0 Å². The number of ketones is 1. The number of Topliss-reactive ketones (excluding diaryl/α,β-unsaturated/α-hetero) is 1. The van der Waals surface area contributed by atoms with E-state index in [2.05, 4.69) is 0 Å². The summed E-state index contributed by atoms with van der Waals surface area (Å²) < 4.78 is 0. The molecule has 0 rings (SSSR count). The molecule has 0 bridgehead atoms. The van der Waals surface area contributed by atoms with Crippen molar-refractivity contribution in [2.24, 2.45) is 11.8 Å². The Morgan fingerprint density at radius 3 is 1.83 bits per heavy atom. The monoisotopic (exact) mass is 180 g/mol. The quantitative estimate of drug-likeness (QED) is 0.342. The number of aliphatic carboxylic acids is 1. The Balaban J connectivity index is 0. The molecule has 0 N–H and O–H groups in total. The Morgan fingerprint density at radius 1 is 1.33 bits per heavy atom. The van der Waals surface area contributed by atoms with Crippen LogP contribution in [-0.2, 0) is 9.59 Å². The molecular formula is C8H13NaO3. The predicted octanol–water partition coefficient (Wildman–Crippen LogP) is -3.01. The minimum atomic E-state index is -1.26. The fourth-order valence-corrected chi connectivity index (χ4v) is 0.886. The van der Waals surface area contributed by atoms with Gasteiger partial charge in [-0.3, -0.25) is 4.79 Å². The van der Waals surface area contributed by atoms with E-state index in [0.29, 0.717) is 6.42 Å². The first-order valence-electron chi connectivity index (χ1n) is 3.75. The van der Waals surface area contributed by atoms with Crippen molar-refractivity contribution in [2.75, 3.05) is 0 Å². The van der Waals surface area contributed by atoms with Gasteiger partial charge in [0.2, 0.25) is 0 Å². The molecule has 0 spiro atoms. The molecule has 0 saturated carbocycles. The molecule has 0 radical (unpaired) electrons. The van der Waals surface area contributed by atoms with E-state index < -0.39 is 11.9 Å². The summed E-state index contributed by atoms with van der Waals surface area (Å²) >= 11 is 0. The van der Waals surface area contributed by atoms with Gasteiger partial charge in [0, 0.05) is 5.92 Å². The largest absolute Gasteiger partial charge is 1.00 e. The minimum Gasteiger partial charge on any atom is -0.549 e. The van der Waals surface area contributed by atoms with Crippen LogP contribution in [0.5, 0.6) is 0 Å². The Hall–Kier alpha value is 0.140. The first kappa shape index (κ1) is 14.7. The maximum atomic E-state index is 11.1. The van der Waals surface area contributed by atoms with Crippen molar-refractivity contribution in [1.82, 2.24) is 0 Å². The van der Waals surface area contributed by atoms with Gasteiger partial charge in [0.05, 0.1) is 11.9 Å². The van der Waals surface area contributed by atoms with Crippen molar-refractivity contribution in [3.8, 4) is 0 Å². The molecule has 0 aromatic rings. The first-order valence-corrected chi connectivity index (χ1v) is 3.75. The third-order valence-electron chi connectivity index (χ3n) is 1.61. The van der Waals surface area contributed by atoms with Gasteiger partial charge in [-0.05, 0) is 6.42 Å². The topological polar surface area (TPSA) is 57.2 Å². The number of hydrogen-bond donors (Lipinski definition) is 0. The number of carbonyl (C=O) groups is 2.